The first-order valence-corrected chi connectivity index (χ1v) is 16.0. The quantitative estimate of drug-likeness (QED) is 0.107. The number of benzene rings is 2. The minimum Gasteiger partial charge on any atom is -0.481 e. The fraction of sp³-hybridized carbons (Fsp3) is 0.500. The summed E-state index contributed by atoms with van der Waals surface area (Å²) in [5.41, 5.74) is 2.08. The molecule has 1 aliphatic heterocycles. The van der Waals surface area contributed by atoms with E-state index >= 15 is 0 Å². The molecule has 0 spiro atoms. The molecule has 0 aliphatic carbocycles. The highest BCUT2D eigenvalue weighted by Gasteiger charge is 2.62. The summed E-state index contributed by atoms with van der Waals surface area (Å²) in [5.74, 6) is -8.28. The Morgan fingerprint density at radius 1 is 0.878 bits per heavy atom. The fourth-order valence-electron chi connectivity index (χ4n) is 5.39. The molecule has 7 atom stereocenters. The van der Waals surface area contributed by atoms with Crippen LogP contribution in [0.5, 0.6) is 0 Å². The lowest BCUT2D eigenvalue weighted by Crippen LogP contribution is -2.77. The van der Waals surface area contributed by atoms with Crippen LogP contribution in [0.4, 0.5) is 0 Å². The van der Waals surface area contributed by atoms with Crippen LogP contribution in [0, 0.1) is 5.92 Å². The van der Waals surface area contributed by atoms with Crippen LogP contribution in [0.1, 0.15) is 56.8 Å². The van der Waals surface area contributed by atoms with Crippen molar-refractivity contribution in [2.24, 2.45) is 5.92 Å². The van der Waals surface area contributed by atoms with Gasteiger partial charge >= 0.3 is 11.9 Å². The van der Waals surface area contributed by atoms with Crippen molar-refractivity contribution in [3.05, 3.63) is 60.2 Å². The smallest absolute Gasteiger partial charge is 0.367 e. The molecule has 3 amide bonds. The number of hydrogen-bond acceptors (Lipinski definition) is 10. The predicted molar refractivity (Wildman–Crippen MR) is 174 cm³/mol. The number of carboxylic acid groups (broad SMARTS) is 2. The molecule has 1 heterocycles. The molecule has 0 saturated carbocycles. The number of hydrogen-bond donors (Lipinski definition) is 8. The molecule has 1 saturated heterocycles. The van der Waals surface area contributed by atoms with E-state index in [0.717, 1.165) is 18.1 Å². The summed E-state index contributed by atoms with van der Waals surface area (Å²) in [6, 6.07) is 13.1. The summed E-state index contributed by atoms with van der Waals surface area (Å²) < 4.78 is 11.3. The largest absolute Gasteiger partial charge is 0.481 e. The van der Waals surface area contributed by atoms with Crippen LogP contribution in [0.25, 0.3) is 11.1 Å². The van der Waals surface area contributed by atoms with Crippen molar-refractivity contribution in [2.45, 2.75) is 88.7 Å². The van der Waals surface area contributed by atoms with Crippen molar-refractivity contribution in [3.63, 3.8) is 0 Å². The Kier molecular flexibility index (Phi) is 14.2. The SMILES string of the molecule is CC(=O)N[C@@H]1[C@@H](NC(=O)C(C)C)[C@H](O)[C@](OCCCCCC(=O)O)(C(=O)O)O[C@H]1[C@H](O)[C@H](O)CNC(=O)c1ccc(-c2ccccc2)cc1. The second-order valence-electron chi connectivity index (χ2n) is 12.2. The zero-order valence-corrected chi connectivity index (χ0v) is 27.6. The highest BCUT2D eigenvalue weighted by molar-refractivity contribution is 5.94. The maximum Gasteiger partial charge on any atom is 0.367 e. The Bertz CT molecular complexity index is 1440. The average Bonchev–Trinajstić information content (AvgIpc) is 3.07. The number of amides is 3. The van der Waals surface area contributed by atoms with Crippen molar-refractivity contribution >= 4 is 29.7 Å². The summed E-state index contributed by atoms with van der Waals surface area (Å²) >= 11 is 0. The Morgan fingerprint density at radius 2 is 1.51 bits per heavy atom. The third-order valence-electron chi connectivity index (χ3n) is 8.09. The number of aliphatic hydroxyl groups excluding tert-OH is 3. The Balaban J connectivity index is 1.84. The van der Waals surface area contributed by atoms with E-state index in [0.29, 0.717) is 6.42 Å². The summed E-state index contributed by atoms with van der Waals surface area (Å²) in [5, 5.41) is 60.4. The normalized spacial score (nSPS) is 23.2. The van der Waals surface area contributed by atoms with E-state index in [2.05, 4.69) is 16.0 Å². The molecule has 1 fully saturated rings. The summed E-state index contributed by atoms with van der Waals surface area (Å²) in [4.78, 5) is 61.5. The van der Waals surface area contributed by atoms with Gasteiger partial charge in [0, 0.05) is 31.4 Å². The number of unbranched alkanes of at least 4 members (excludes halogenated alkanes) is 2. The molecule has 2 aromatic rings. The number of ether oxygens (including phenoxy) is 2. The Labute approximate surface area is 283 Å². The second kappa shape index (κ2) is 17.8. The minimum absolute atomic E-state index is 0.118. The van der Waals surface area contributed by atoms with Gasteiger partial charge in [-0.05, 0) is 36.1 Å². The van der Waals surface area contributed by atoms with Crippen LogP contribution >= 0.6 is 0 Å². The zero-order valence-electron chi connectivity index (χ0n) is 27.6. The van der Waals surface area contributed by atoms with Crippen LogP contribution in [-0.2, 0) is 28.7 Å². The first-order valence-electron chi connectivity index (χ1n) is 16.0. The van der Waals surface area contributed by atoms with E-state index in [9.17, 15) is 44.4 Å². The monoisotopic (exact) mass is 687 g/mol. The van der Waals surface area contributed by atoms with Gasteiger partial charge in [0.2, 0.25) is 11.8 Å². The van der Waals surface area contributed by atoms with Gasteiger partial charge in [0.15, 0.2) is 0 Å². The van der Waals surface area contributed by atoms with Crippen molar-refractivity contribution in [1.29, 1.82) is 0 Å². The van der Waals surface area contributed by atoms with Gasteiger partial charge in [-0.25, -0.2) is 4.79 Å². The molecule has 8 N–H and O–H groups in total. The van der Waals surface area contributed by atoms with Gasteiger partial charge in [-0.2, -0.15) is 0 Å². The molecular weight excluding hydrogens is 642 g/mol. The molecule has 1 aliphatic rings. The van der Waals surface area contributed by atoms with Crippen LogP contribution in [-0.4, -0.2) is 111 Å². The third-order valence-corrected chi connectivity index (χ3v) is 8.09. The van der Waals surface area contributed by atoms with E-state index in [4.69, 9.17) is 14.6 Å². The average molecular weight is 688 g/mol. The van der Waals surface area contributed by atoms with E-state index in [1.807, 2.05) is 30.3 Å². The maximum absolute atomic E-state index is 12.9. The molecule has 0 bridgehead atoms. The number of carbonyl (C=O) groups is 5. The predicted octanol–water partition coefficient (Wildman–Crippen LogP) is 0.653. The number of rotatable bonds is 17. The fourth-order valence-corrected chi connectivity index (χ4v) is 5.39. The molecule has 15 heteroatoms. The van der Waals surface area contributed by atoms with Crippen molar-refractivity contribution < 1.29 is 59.0 Å². The highest BCUT2D eigenvalue weighted by atomic mass is 16.7. The van der Waals surface area contributed by atoms with Crippen LogP contribution in [0.2, 0.25) is 0 Å². The zero-order chi connectivity index (χ0) is 36.3. The van der Waals surface area contributed by atoms with Gasteiger partial charge < -0.3 is 51.0 Å². The van der Waals surface area contributed by atoms with E-state index in [1.54, 1.807) is 38.1 Å². The van der Waals surface area contributed by atoms with Gasteiger partial charge in [0.05, 0.1) is 24.8 Å². The number of nitrogens with one attached hydrogen (secondary N) is 3. The second-order valence-corrected chi connectivity index (χ2v) is 12.2. The Morgan fingerprint density at radius 3 is 2.08 bits per heavy atom. The number of aliphatic hydroxyl groups is 3. The van der Waals surface area contributed by atoms with E-state index in [-0.39, 0.29) is 31.4 Å². The molecule has 15 nitrogen and oxygen atoms in total. The first kappa shape index (κ1) is 39.0. The summed E-state index contributed by atoms with van der Waals surface area (Å²) in [6.07, 6.45) is -7.07. The third kappa shape index (κ3) is 10.3. The first-order chi connectivity index (χ1) is 23.2. The number of carbonyl (C=O) groups excluding carboxylic acids is 3. The maximum atomic E-state index is 12.9. The number of carboxylic acids is 2. The van der Waals surface area contributed by atoms with E-state index < -0.39 is 84.4 Å². The molecule has 0 radical (unpaired) electrons. The molecule has 268 valence electrons. The highest BCUT2D eigenvalue weighted by Crippen LogP contribution is 2.34. The van der Waals surface area contributed by atoms with Gasteiger partial charge in [-0.3, -0.25) is 19.2 Å². The molecule has 49 heavy (non-hydrogen) atoms. The summed E-state index contributed by atoms with van der Waals surface area (Å²) in [7, 11) is 0. The Hall–Kier alpha value is -4.41. The van der Waals surface area contributed by atoms with Crippen LogP contribution in [0.15, 0.2) is 54.6 Å². The van der Waals surface area contributed by atoms with Gasteiger partial charge in [0.1, 0.15) is 18.3 Å². The van der Waals surface area contributed by atoms with Crippen molar-refractivity contribution in [1.82, 2.24) is 16.0 Å². The lowest BCUT2D eigenvalue weighted by Gasteiger charge is -2.51. The molecule has 0 aromatic heterocycles. The van der Waals surface area contributed by atoms with Crippen LogP contribution < -0.4 is 16.0 Å². The molecule has 2 aromatic carbocycles. The number of aliphatic carboxylic acids is 2. The summed E-state index contributed by atoms with van der Waals surface area (Å²) in [6.45, 7) is 3.33. The standard InChI is InChI=1S/C34H45N3O12/c1-19(2)31(44)37-27-26(36-20(3)38)29(49-34(30(27)43,33(46)47)48-17-9-5-8-12-25(40)41)28(42)24(39)18-35-32(45)23-15-13-22(14-16-23)21-10-6-4-7-11-21/h4,6-7,10-11,13-16,19,24,26-30,39,42-43H,5,8-9,12,17-18H2,1-3H3,(H,35,45)(H,36,38)(H,37,44)(H,40,41)(H,46,47)/t24-,26-,27-,28-,29-,30+,34-/m1/s1. The topological polar surface area (TPSA) is 241 Å². The molecule has 0 unspecified atom stereocenters. The van der Waals surface area contributed by atoms with Gasteiger partial charge in [-0.1, -0.05) is 62.7 Å². The lowest BCUT2D eigenvalue weighted by atomic mass is 9.84. The van der Waals surface area contributed by atoms with Gasteiger partial charge in [-0.15, -0.1) is 0 Å². The lowest BCUT2D eigenvalue weighted by molar-refractivity contribution is -0.333. The minimum atomic E-state index is -2.90. The molecule has 3 rings (SSSR count). The van der Waals surface area contributed by atoms with E-state index in [1.165, 1.54) is 0 Å². The van der Waals surface area contributed by atoms with Gasteiger partial charge in [0.25, 0.3) is 11.7 Å². The molecular formula is C34H45N3O12. The van der Waals surface area contributed by atoms with Crippen molar-refractivity contribution in [2.75, 3.05) is 13.2 Å². The van der Waals surface area contributed by atoms with Crippen molar-refractivity contribution in [3.8, 4) is 11.1 Å². The van der Waals surface area contributed by atoms with Crippen LogP contribution in [0.3, 0.4) is 0 Å².